The van der Waals surface area contributed by atoms with Gasteiger partial charge in [0.25, 0.3) is 0 Å². The minimum absolute atomic E-state index is 0.241. The van der Waals surface area contributed by atoms with E-state index < -0.39 is 0 Å². The summed E-state index contributed by atoms with van der Waals surface area (Å²) in [5, 5.41) is 0. The standard InChI is InChI=1S/C12H21N3O/c1-7(2)10-14-9(13)8(3)11(15-10)16-12(4,5)6/h7H,1-6H3,(H2,13,14,15). The summed E-state index contributed by atoms with van der Waals surface area (Å²) < 4.78 is 5.77. The lowest BCUT2D eigenvalue weighted by Gasteiger charge is -2.22. The molecular weight excluding hydrogens is 202 g/mol. The molecule has 0 aliphatic heterocycles. The van der Waals surface area contributed by atoms with Gasteiger partial charge in [-0.05, 0) is 27.7 Å². The quantitative estimate of drug-likeness (QED) is 0.837. The molecule has 1 aromatic rings. The summed E-state index contributed by atoms with van der Waals surface area (Å²) in [6.07, 6.45) is 0. The summed E-state index contributed by atoms with van der Waals surface area (Å²) in [5.74, 6) is 2.05. The zero-order valence-electron chi connectivity index (χ0n) is 11.0. The van der Waals surface area contributed by atoms with E-state index in [2.05, 4.69) is 9.97 Å². The van der Waals surface area contributed by atoms with Crippen LogP contribution < -0.4 is 10.5 Å². The van der Waals surface area contributed by atoms with Crippen LogP contribution >= 0.6 is 0 Å². The molecule has 0 radical (unpaired) electrons. The lowest BCUT2D eigenvalue weighted by Crippen LogP contribution is -2.25. The van der Waals surface area contributed by atoms with Gasteiger partial charge in [0.1, 0.15) is 17.2 Å². The van der Waals surface area contributed by atoms with Crippen LogP contribution in [-0.2, 0) is 0 Å². The largest absolute Gasteiger partial charge is 0.472 e. The number of rotatable bonds is 2. The van der Waals surface area contributed by atoms with Crippen LogP contribution in [0.3, 0.4) is 0 Å². The summed E-state index contributed by atoms with van der Waals surface area (Å²) in [6, 6.07) is 0. The fourth-order valence-corrected chi connectivity index (χ4v) is 1.18. The van der Waals surface area contributed by atoms with E-state index in [1.54, 1.807) is 0 Å². The highest BCUT2D eigenvalue weighted by atomic mass is 16.5. The smallest absolute Gasteiger partial charge is 0.222 e. The van der Waals surface area contributed by atoms with Gasteiger partial charge in [-0.3, -0.25) is 0 Å². The maximum atomic E-state index is 5.85. The van der Waals surface area contributed by atoms with E-state index in [0.29, 0.717) is 11.7 Å². The Kier molecular flexibility index (Phi) is 3.41. The number of hydrogen-bond donors (Lipinski definition) is 1. The number of nitrogens with two attached hydrogens (primary N) is 1. The van der Waals surface area contributed by atoms with Gasteiger partial charge in [-0.1, -0.05) is 13.8 Å². The van der Waals surface area contributed by atoms with Gasteiger partial charge in [-0.25, -0.2) is 4.98 Å². The number of ether oxygens (including phenoxy) is 1. The lowest BCUT2D eigenvalue weighted by molar-refractivity contribution is 0.122. The van der Waals surface area contributed by atoms with Gasteiger partial charge in [-0.2, -0.15) is 4.98 Å². The van der Waals surface area contributed by atoms with Crippen molar-refractivity contribution in [3.8, 4) is 5.88 Å². The highest BCUT2D eigenvalue weighted by molar-refractivity contribution is 5.44. The Balaban J connectivity index is 3.17. The molecule has 0 aliphatic rings. The van der Waals surface area contributed by atoms with Gasteiger partial charge in [-0.15, -0.1) is 0 Å². The SMILES string of the molecule is Cc1c(N)nc(C(C)C)nc1OC(C)(C)C. The Morgan fingerprint density at radius 1 is 1.19 bits per heavy atom. The molecule has 4 heteroatoms. The fourth-order valence-electron chi connectivity index (χ4n) is 1.18. The molecule has 0 spiro atoms. The maximum absolute atomic E-state index is 5.85. The summed E-state index contributed by atoms with van der Waals surface area (Å²) in [6.45, 7) is 11.9. The van der Waals surface area contributed by atoms with Crippen molar-refractivity contribution in [1.29, 1.82) is 0 Å². The zero-order valence-corrected chi connectivity index (χ0v) is 11.0. The van der Waals surface area contributed by atoms with Crippen LogP contribution in [0.2, 0.25) is 0 Å². The van der Waals surface area contributed by atoms with Crippen molar-refractivity contribution in [3.05, 3.63) is 11.4 Å². The van der Waals surface area contributed by atoms with Gasteiger partial charge in [0, 0.05) is 5.92 Å². The topological polar surface area (TPSA) is 61.0 Å². The summed E-state index contributed by atoms with van der Waals surface area (Å²) >= 11 is 0. The monoisotopic (exact) mass is 223 g/mol. The highest BCUT2D eigenvalue weighted by Crippen LogP contribution is 2.25. The molecular formula is C12H21N3O. The number of aromatic nitrogens is 2. The van der Waals surface area contributed by atoms with Crippen molar-refractivity contribution in [2.75, 3.05) is 5.73 Å². The third kappa shape index (κ3) is 3.08. The molecule has 1 heterocycles. The average molecular weight is 223 g/mol. The van der Waals surface area contributed by atoms with E-state index in [4.69, 9.17) is 10.5 Å². The van der Waals surface area contributed by atoms with E-state index in [0.717, 1.165) is 11.4 Å². The average Bonchev–Trinajstić information content (AvgIpc) is 2.10. The lowest BCUT2D eigenvalue weighted by atomic mass is 10.2. The van der Waals surface area contributed by atoms with Crippen LogP contribution in [0.4, 0.5) is 5.82 Å². The van der Waals surface area contributed by atoms with Gasteiger partial charge < -0.3 is 10.5 Å². The molecule has 0 aromatic carbocycles. The van der Waals surface area contributed by atoms with E-state index in [1.165, 1.54) is 0 Å². The van der Waals surface area contributed by atoms with Crippen molar-refractivity contribution in [1.82, 2.24) is 9.97 Å². The van der Waals surface area contributed by atoms with Gasteiger partial charge in [0.2, 0.25) is 5.88 Å². The first kappa shape index (κ1) is 12.7. The van der Waals surface area contributed by atoms with Crippen molar-refractivity contribution >= 4 is 5.82 Å². The Labute approximate surface area is 97.2 Å². The van der Waals surface area contributed by atoms with Crippen LogP contribution in [0.1, 0.15) is 51.9 Å². The second-order valence-electron chi connectivity index (χ2n) is 5.27. The third-order valence-electron chi connectivity index (χ3n) is 2.08. The molecule has 1 aromatic heterocycles. The van der Waals surface area contributed by atoms with Crippen molar-refractivity contribution in [2.24, 2.45) is 0 Å². The highest BCUT2D eigenvalue weighted by Gasteiger charge is 2.18. The molecule has 0 atom stereocenters. The van der Waals surface area contributed by atoms with Gasteiger partial charge in [0.05, 0.1) is 5.56 Å². The summed E-state index contributed by atoms with van der Waals surface area (Å²) in [4.78, 5) is 8.65. The van der Waals surface area contributed by atoms with Crippen LogP contribution in [0.25, 0.3) is 0 Å². The Morgan fingerprint density at radius 2 is 1.75 bits per heavy atom. The van der Waals surface area contributed by atoms with E-state index >= 15 is 0 Å². The molecule has 0 unspecified atom stereocenters. The minimum atomic E-state index is -0.278. The first-order valence-corrected chi connectivity index (χ1v) is 5.53. The molecule has 2 N–H and O–H groups in total. The maximum Gasteiger partial charge on any atom is 0.222 e. The van der Waals surface area contributed by atoms with Crippen LogP contribution in [-0.4, -0.2) is 15.6 Å². The molecule has 90 valence electrons. The molecule has 0 saturated heterocycles. The first-order valence-electron chi connectivity index (χ1n) is 5.53. The Morgan fingerprint density at radius 3 is 2.19 bits per heavy atom. The molecule has 0 bridgehead atoms. The second kappa shape index (κ2) is 4.28. The molecule has 1 rings (SSSR count). The third-order valence-corrected chi connectivity index (χ3v) is 2.08. The fraction of sp³-hybridized carbons (Fsp3) is 0.667. The van der Waals surface area contributed by atoms with Gasteiger partial charge >= 0.3 is 0 Å². The van der Waals surface area contributed by atoms with Crippen LogP contribution in [0.15, 0.2) is 0 Å². The first-order chi connectivity index (χ1) is 7.20. The number of nitrogen functional groups attached to an aromatic ring is 1. The van der Waals surface area contributed by atoms with Crippen LogP contribution in [0, 0.1) is 6.92 Å². The second-order valence-corrected chi connectivity index (χ2v) is 5.27. The Hall–Kier alpha value is -1.32. The summed E-state index contributed by atoms with van der Waals surface area (Å²) in [5.41, 5.74) is 6.37. The molecule has 0 aliphatic carbocycles. The molecule has 16 heavy (non-hydrogen) atoms. The molecule has 0 fully saturated rings. The van der Waals surface area contributed by atoms with E-state index in [1.807, 2.05) is 41.5 Å². The number of hydrogen-bond acceptors (Lipinski definition) is 4. The van der Waals surface area contributed by atoms with Crippen LogP contribution in [0.5, 0.6) is 5.88 Å². The number of anilines is 1. The van der Waals surface area contributed by atoms with Crippen molar-refractivity contribution in [3.63, 3.8) is 0 Å². The Bertz CT molecular complexity index is 381. The number of nitrogens with zero attached hydrogens (tertiary/aromatic N) is 2. The predicted octanol–water partition coefficient (Wildman–Crippen LogP) is 2.67. The normalized spacial score (nSPS) is 11.9. The van der Waals surface area contributed by atoms with Crippen molar-refractivity contribution < 1.29 is 4.74 Å². The summed E-state index contributed by atoms with van der Waals surface area (Å²) in [7, 11) is 0. The van der Waals surface area contributed by atoms with E-state index in [-0.39, 0.29) is 11.5 Å². The van der Waals surface area contributed by atoms with Gasteiger partial charge in [0.15, 0.2) is 0 Å². The minimum Gasteiger partial charge on any atom is -0.472 e. The predicted molar refractivity (Wildman–Crippen MR) is 65.7 cm³/mol. The zero-order chi connectivity index (χ0) is 12.5. The molecule has 0 amide bonds. The van der Waals surface area contributed by atoms with E-state index in [9.17, 15) is 0 Å². The molecule has 0 saturated carbocycles. The molecule has 4 nitrogen and oxygen atoms in total. The van der Waals surface area contributed by atoms with Crippen molar-refractivity contribution in [2.45, 2.75) is 53.1 Å².